The lowest BCUT2D eigenvalue weighted by Gasteiger charge is -2.31. The maximum absolute atomic E-state index is 13.5. The standard InChI is InChI=1S/C35H34O8/c1-42-32-20-29(40)33(35-34(32)30(41)19-31(43-35)23-9-16-27(38)17-10-23)24(8-2-21-3-11-25(36)12-4-21)18-28(39)15-7-22-5-13-26(37)14-6-22/h2-6,8-14,16-17,20,24,28,31,36-40H,7,15,18-19H2,1H3. The van der Waals surface area contributed by atoms with Gasteiger partial charge in [0.2, 0.25) is 0 Å². The predicted molar refractivity (Wildman–Crippen MR) is 162 cm³/mol. The fourth-order valence-electron chi connectivity index (χ4n) is 5.38. The van der Waals surface area contributed by atoms with Crippen molar-refractivity contribution in [1.82, 2.24) is 0 Å². The molecule has 5 rings (SSSR count). The van der Waals surface area contributed by atoms with Crippen LogP contribution in [0.25, 0.3) is 6.08 Å². The molecule has 0 aliphatic carbocycles. The molecule has 0 bridgehead atoms. The predicted octanol–water partition coefficient (Wildman–Crippen LogP) is 6.40. The summed E-state index contributed by atoms with van der Waals surface area (Å²) in [5.41, 5.74) is 3.03. The van der Waals surface area contributed by atoms with E-state index in [1.807, 2.05) is 12.2 Å². The van der Waals surface area contributed by atoms with Crippen LogP contribution in [0.3, 0.4) is 0 Å². The van der Waals surface area contributed by atoms with Gasteiger partial charge in [-0.2, -0.15) is 0 Å². The molecule has 0 aromatic heterocycles. The molecule has 8 nitrogen and oxygen atoms in total. The monoisotopic (exact) mass is 582 g/mol. The number of hydrogen-bond donors (Lipinski definition) is 5. The number of hydrogen-bond acceptors (Lipinski definition) is 8. The van der Waals surface area contributed by atoms with Gasteiger partial charge in [-0.05, 0) is 72.4 Å². The number of Topliss-reactive ketones (excluding diaryl/α,β-unsaturated/α-hetero) is 1. The third kappa shape index (κ3) is 6.93. The molecule has 1 heterocycles. The zero-order valence-corrected chi connectivity index (χ0v) is 23.7. The number of aromatic hydroxyl groups is 4. The fourth-order valence-corrected chi connectivity index (χ4v) is 5.38. The normalized spacial score (nSPS) is 16.0. The Morgan fingerprint density at radius 1 is 0.907 bits per heavy atom. The summed E-state index contributed by atoms with van der Waals surface area (Å²) >= 11 is 0. The molecule has 4 aromatic rings. The van der Waals surface area contributed by atoms with E-state index in [4.69, 9.17) is 9.47 Å². The van der Waals surface area contributed by atoms with E-state index in [9.17, 15) is 30.3 Å². The number of benzene rings is 4. The molecular formula is C35H34O8. The van der Waals surface area contributed by atoms with Gasteiger partial charge in [-0.25, -0.2) is 0 Å². The number of aliphatic hydroxyl groups is 1. The highest BCUT2D eigenvalue weighted by atomic mass is 16.5. The van der Waals surface area contributed by atoms with Crippen molar-refractivity contribution in [3.63, 3.8) is 0 Å². The average Bonchev–Trinajstić information content (AvgIpc) is 2.99. The number of carbonyl (C=O) groups excluding carboxylic acids is 1. The van der Waals surface area contributed by atoms with Gasteiger partial charge in [0, 0.05) is 17.5 Å². The number of phenols is 4. The minimum Gasteiger partial charge on any atom is -0.508 e. The molecular weight excluding hydrogens is 548 g/mol. The van der Waals surface area contributed by atoms with E-state index in [1.165, 1.54) is 25.3 Å². The van der Waals surface area contributed by atoms with E-state index in [1.54, 1.807) is 60.7 Å². The summed E-state index contributed by atoms with van der Waals surface area (Å²) in [7, 11) is 1.42. The third-order valence-corrected chi connectivity index (χ3v) is 7.67. The lowest BCUT2D eigenvalue weighted by atomic mass is 9.85. The minimum absolute atomic E-state index is 0.0433. The van der Waals surface area contributed by atoms with Crippen LogP contribution in [0.15, 0.2) is 84.9 Å². The van der Waals surface area contributed by atoms with Crippen LogP contribution in [0.5, 0.6) is 34.5 Å². The molecule has 43 heavy (non-hydrogen) atoms. The van der Waals surface area contributed by atoms with E-state index in [-0.39, 0.29) is 58.7 Å². The van der Waals surface area contributed by atoms with Crippen molar-refractivity contribution >= 4 is 11.9 Å². The molecule has 8 heteroatoms. The van der Waals surface area contributed by atoms with Crippen LogP contribution in [0, 0.1) is 0 Å². The van der Waals surface area contributed by atoms with Crippen molar-refractivity contribution < 1.29 is 39.8 Å². The topological polar surface area (TPSA) is 137 Å². The minimum atomic E-state index is -0.785. The number of carbonyl (C=O) groups is 1. The van der Waals surface area contributed by atoms with Gasteiger partial charge in [-0.1, -0.05) is 48.6 Å². The first-order chi connectivity index (χ1) is 20.7. The van der Waals surface area contributed by atoms with E-state index in [2.05, 4.69) is 0 Å². The number of allylic oxidation sites excluding steroid dienone is 1. The largest absolute Gasteiger partial charge is 0.508 e. The molecule has 0 saturated heterocycles. The Balaban J connectivity index is 1.53. The van der Waals surface area contributed by atoms with Gasteiger partial charge in [0.25, 0.3) is 0 Å². The summed E-state index contributed by atoms with van der Waals surface area (Å²) in [5.74, 6) is -0.151. The van der Waals surface area contributed by atoms with E-state index >= 15 is 0 Å². The van der Waals surface area contributed by atoms with Crippen molar-refractivity contribution in [2.24, 2.45) is 0 Å². The summed E-state index contributed by atoms with van der Waals surface area (Å²) < 4.78 is 11.9. The Morgan fingerprint density at radius 3 is 2.14 bits per heavy atom. The second-order valence-electron chi connectivity index (χ2n) is 10.7. The third-order valence-electron chi connectivity index (χ3n) is 7.67. The Kier molecular flexibility index (Phi) is 8.87. The molecule has 0 amide bonds. The average molecular weight is 583 g/mol. The Hall–Kier alpha value is -4.95. The number of aryl methyl sites for hydroxylation is 1. The highest BCUT2D eigenvalue weighted by Gasteiger charge is 2.36. The molecule has 5 N–H and O–H groups in total. The second-order valence-corrected chi connectivity index (χ2v) is 10.7. The van der Waals surface area contributed by atoms with Crippen LogP contribution in [0.4, 0.5) is 0 Å². The van der Waals surface area contributed by atoms with Crippen LogP contribution in [0.2, 0.25) is 0 Å². The quantitative estimate of drug-likeness (QED) is 0.145. The van der Waals surface area contributed by atoms with Crippen molar-refractivity contribution in [1.29, 1.82) is 0 Å². The first-order valence-corrected chi connectivity index (χ1v) is 14.1. The molecule has 1 aliphatic rings. The highest BCUT2D eigenvalue weighted by Crippen LogP contribution is 2.49. The molecule has 4 aromatic carbocycles. The molecule has 0 saturated carbocycles. The molecule has 1 aliphatic heterocycles. The maximum Gasteiger partial charge on any atom is 0.174 e. The van der Waals surface area contributed by atoms with Gasteiger partial charge in [0.15, 0.2) is 5.78 Å². The lowest BCUT2D eigenvalue weighted by molar-refractivity contribution is 0.0840. The van der Waals surface area contributed by atoms with Crippen LogP contribution in [-0.2, 0) is 6.42 Å². The number of methoxy groups -OCH3 is 1. The maximum atomic E-state index is 13.5. The van der Waals surface area contributed by atoms with Crippen LogP contribution in [-0.4, -0.2) is 44.5 Å². The Morgan fingerprint density at radius 2 is 1.51 bits per heavy atom. The van der Waals surface area contributed by atoms with Gasteiger partial charge in [-0.3, -0.25) is 4.79 Å². The van der Waals surface area contributed by atoms with E-state index < -0.39 is 18.1 Å². The van der Waals surface area contributed by atoms with Crippen LogP contribution in [0.1, 0.15) is 63.9 Å². The van der Waals surface area contributed by atoms with Gasteiger partial charge < -0.3 is 35.0 Å². The van der Waals surface area contributed by atoms with Crippen molar-refractivity contribution in [3.05, 3.63) is 113 Å². The first kappa shape index (κ1) is 29.5. The van der Waals surface area contributed by atoms with Gasteiger partial charge in [0.05, 0.1) is 19.6 Å². The van der Waals surface area contributed by atoms with Gasteiger partial charge in [0.1, 0.15) is 46.2 Å². The van der Waals surface area contributed by atoms with Crippen molar-refractivity contribution in [2.45, 2.75) is 43.8 Å². The number of ether oxygens (including phenoxy) is 2. The Labute approximate surface area is 249 Å². The van der Waals surface area contributed by atoms with E-state index in [0.717, 1.165) is 11.1 Å². The van der Waals surface area contributed by atoms with Crippen molar-refractivity contribution in [2.75, 3.05) is 7.11 Å². The Bertz CT molecular complexity index is 1590. The smallest absolute Gasteiger partial charge is 0.174 e. The first-order valence-electron chi connectivity index (χ1n) is 14.1. The summed E-state index contributed by atoms with van der Waals surface area (Å²) in [5, 5.41) is 51.5. The summed E-state index contributed by atoms with van der Waals surface area (Å²) in [6.07, 6.45) is 3.47. The molecule has 222 valence electrons. The lowest BCUT2D eigenvalue weighted by Crippen LogP contribution is -2.23. The van der Waals surface area contributed by atoms with Crippen molar-refractivity contribution in [3.8, 4) is 34.5 Å². The van der Waals surface area contributed by atoms with Gasteiger partial charge in [-0.15, -0.1) is 0 Å². The molecule has 0 fully saturated rings. The molecule has 3 atom stereocenters. The number of rotatable bonds is 10. The second kappa shape index (κ2) is 12.9. The fraction of sp³-hybridized carbons (Fsp3) is 0.229. The zero-order chi connectivity index (χ0) is 30.5. The van der Waals surface area contributed by atoms with Gasteiger partial charge >= 0.3 is 0 Å². The number of phenolic OH excluding ortho intramolecular Hbond substituents is 4. The zero-order valence-electron chi connectivity index (χ0n) is 23.7. The SMILES string of the molecule is COc1cc(O)c(C(C=Cc2ccc(O)cc2)CC(O)CCc2ccc(O)cc2)c2c1C(=O)CC(c1ccc(O)cc1)O2. The van der Waals surface area contributed by atoms with Crippen LogP contribution >= 0.6 is 0 Å². The number of ketones is 1. The molecule has 3 unspecified atom stereocenters. The van der Waals surface area contributed by atoms with E-state index in [0.29, 0.717) is 24.0 Å². The molecule has 0 spiro atoms. The summed E-state index contributed by atoms with van der Waals surface area (Å²) in [6, 6.07) is 21.3. The van der Waals surface area contributed by atoms with Crippen LogP contribution < -0.4 is 9.47 Å². The highest BCUT2D eigenvalue weighted by molar-refractivity contribution is 6.03. The molecule has 0 radical (unpaired) electrons. The number of aliphatic hydroxyl groups excluding tert-OH is 1. The summed E-state index contributed by atoms with van der Waals surface area (Å²) in [4.78, 5) is 13.5. The number of fused-ring (bicyclic) bond motifs is 1. The summed E-state index contributed by atoms with van der Waals surface area (Å²) in [6.45, 7) is 0.